The summed E-state index contributed by atoms with van der Waals surface area (Å²) in [6.45, 7) is 0.623. The number of rotatable bonds is 8. The van der Waals surface area contributed by atoms with Gasteiger partial charge in [-0.1, -0.05) is 35.2 Å². The van der Waals surface area contributed by atoms with Crippen LogP contribution >= 0.6 is 23.1 Å². The van der Waals surface area contributed by atoms with Gasteiger partial charge in [0.2, 0.25) is 5.13 Å². The normalized spacial score (nSPS) is 10.7. The Morgan fingerprint density at radius 1 is 1.22 bits per heavy atom. The van der Waals surface area contributed by atoms with Crippen LogP contribution in [0.15, 0.2) is 51.4 Å². The number of methoxy groups -OCH3 is 1. The van der Waals surface area contributed by atoms with Gasteiger partial charge in [-0.05, 0) is 36.2 Å². The summed E-state index contributed by atoms with van der Waals surface area (Å²) in [4.78, 5) is 0. The molecule has 1 aromatic carbocycles. The van der Waals surface area contributed by atoms with Crippen molar-refractivity contribution in [3.05, 3.63) is 54.0 Å². The molecule has 0 aliphatic heterocycles. The van der Waals surface area contributed by atoms with E-state index in [2.05, 4.69) is 27.6 Å². The number of anilines is 1. The second-order valence-corrected chi connectivity index (χ2v) is 7.07. The SMILES string of the molecule is COc1ccc(CCSc2nnc(NCc3ccco3)s2)cc1. The number of nitrogens with one attached hydrogen (secondary N) is 1. The highest BCUT2D eigenvalue weighted by atomic mass is 32.2. The summed E-state index contributed by atoms with van der Waals surface area (Å²) in [6, 6.07) is 12.0. The minimum atomic E-state index is 0.623. The quantitative estimate of drug-likeness (QED) is 0.619. The van der Waals surface area contributed by atoms with Crippen LogP contribution in [-0.2, 0) is 13.0 Å². The first-order valence-corrected chi connectivity index (χ1v) is 8.99. The minimum absolute atomic E-state index is 0.623. The number of aromatic nitrogens is 2. The third-order valence-electron chi connectivity index (χ3n) is 3.18. The average Bonchev–Trinajstić information content (AvgIpc) is 3.25. The van der Waals surface area contributed by atoms with Crippen LogP contribution in [0.1, 0.15) is 11.3 Å². The molecule has 0 unspecified atom stereocenters. The summed E-state index contributed by atoms with van der Waals surface area (Å²) >= 11 is 3.28. The van der Waals surface area contributed by atoms with Crippen LogP contribution in [-0.4, -0.2) is 23.1 Å². The van der Waals surface area contributed by atoms with E-state index in [4.69, 9.17) is 9.15 Å². The van der Waals surface area contributed by atoms with E-state index in [-0.39, 0.29) is 0 Å². The van der Waals surface area contributed by atoms with Crippen LogP contribution in [0.2, 0.25) is 0 Å². The predicted molar refractivity (Wildman–Crippen MR) is 93.4 cm³/mol. The fourth-order valence-electron chi connectivity index (χ4n) is 1.96. The van der Waals surface area contributed by atoms with Crippen molar-refractivity contribution in [3.63, 3.8) is 0 Å². The second-order valence-electron chi connectivity index (χ2n) is 4.75. The van der Waals surface area contributed by atoms with Crippen molar-refractivity contribution in [1.29, 1.82) is 0 Å². The zero-order valence-electron chi connectivity index (χ0n) is 12.7. The molecule has 0 fully saturated rings. The first-order valence-electron chi connectivity index (χ1n) is 7.19. The molecule has 0 atom stereocenters. The fraction of sp³-hybridized carbons (Fsp3) is 0.250. The smallest absolute Gasteiger partial charge is 0.206 e. The van der Waals surface area contributed by atoms with Crippen LogP contribution < -0.4 is 10.1 Å². The molecular formula is C16H17N3O2S2. The minimum Gasteiger partial charge on any atom is -0.497 e. The number of nitrogens with zero attached hydrogens (tertiary/aromatic N) is 2. The van der Waals surface area contributed by atoms with Crippen molar-refractivity contribution in [3.8, 4) is 5.75 Å². The van der Waals surface area contributed by atoms with Crippen LogP contribution in [0, 0.1) is 0 Å². The lowest BCUT2D eigenvalue weighted by atomic mass is 10.2. The van der Waals surface area contributed by atoms with Gasteiger partial charge in [-0.2, -0.15) is 0 Å². The van der Waals surface area contributed by atoms with E-state index in [1.165, 1.54) is 5.56 Å². The predicted octanol–water partition coefficient (Wildman–Crippen LogP) is 4.09. The van der Waals surface area contributed by atoms with Crippen molar-refractivity contribution < 1.29 is 9.15 Å². The molecule has 2 aromatic heterocycles. The molecule has 0 amide bonds. The molecule has 0 bridgehead atoms. The Morgan fingerprint density at radius 3 is 2.83 bits per heavy atom. The Balaban J connectivity index is 1.43. The number of hydrogen-bond acceptors (Lipinski definition) is 7. The lowest BCUT2D eigenvalue weighted by molar-refractivity contribution is 0.414. The van der Waals surface area contributed by atoms with Crippen molar-refractivity contribution >= 4 is 28.2 Å². The number of aryl methyl sites for hydroxylation is 1. The zero-order valence-corrected chi connectivity index (χ0v) is 14.3. The summed E-state index contributed by atoms with van der Waals surface area (Å²) < 4.78 is 11.4. The molecule has 5 nitrogen and oxygen atoms in total. The molecule has 0 spiro atoms. The molecule has 0 saturated heterocycles. The molecular weight excluding hydrogens is 330 g/mol. The molecule has 7 heteroatoms. The third-order valence-corrected chi connectivity index (χ3v) is 5.19. The van der Waals surface area contributed by atoms with Crippen LogP contribution in [0.3, 0.4) is 0 Å². The van der Waals surface area contributed by atoms with Gasteiger partial charge in [0.25, 0.3) is 0 Å². The first kappa shape index (κ1) is 15.9. The maximum atomic E-state index is 5.27. The molecule has 0 saturated carbocycles. The molecule has 120 valence electrons. The number of furan rings is 1. The van der Waals surface area contributed by atoms with E-state index < -0.39 is 0 Å². The average molecular weight is 347 g/mol. The number of ether oxygens (including phenoxy) is 1. The summed E-state index contributed by atoms with van der Waals surface area (Å²) in [6.07, 6.45) is 2.65. The standard InChI is InChI=1S/C16H17N3O2S2/c1-20-13-6-4-12(5-7-13)8-10-22-16-19-18-15(23-16)17-11-14-3-2-9-21-14/h2-7,9H,8,10-11H2,1H3,(H,17,18). The van der Waals surface area contributed by atoms with Crippen LogP contribution in [0.5, 0.6) is 5.75 Å². The van der Waals surface area contributed by atoms with E-state index in [0.717, 1.165) is 33.2 Å². The molecule has 0 aliphatic carbocycles. The Bertz CT molecular complexity index is 711. The van der Waals surface area contributed by atoms with Crippen molar-refractivity contribution in [2.45, 2.75) is 17.3 Å². The van der Waals surface area contributed by atoms with Crippen LogP contribution in [0.4, 0.5) is 5.13 Å². The maximum Gasteiger partial charge on any atom is 0.206 e. The van der Waals surface area contributed by atoms with Gasteiger partial charge in [-0.15, -0.1) is 10.2 Å². The van der Waals surface area contributed by atoms with Crippen LogP contribution in [0.25, 0.3) is 0 Å². The summed E-state index contributed by atoms with van der Waals surface area (Å²) in [5.41, 5.74) is 1.29. The lowest BCUT2D eigenvalue weighted by Gasteiger charge is -2.02. The van der Waals surface area contributed by atoms with Gasteiger partial charge in [0.05, 0.1) is 19.9 Å². The van der Waals surface area contributed by atoms with Gasteiger partial charge in [0.15, 0.2) is 4.34 Å². The molecule has 2 heterocycles. The highest BCUT2D eigenvalue weighted by Gasteiger charge is 2.05. The zero-order chi connectivity index (χ0) is 15.9. The topological polar surface area (TPSA) is 60.2 Å². The summed E-state index contributed by atoms with van der Waals surface area (Å²) in [7, 11) is 1.68. The lowest BCUT2D eigenvalue weighted by Crippen LogP contribution is -1.96. The highest BCUT2D eigenvalue weighted by molar-refractivity contribution is 8.01. The van der Waals surface area contributed by atoms with E-state index in [9.17, 15) is 0 Å². The van der Waals surface area contributed by atoms with Gasteiger partial charge < -0.3 is 14.5 Å². The molecule has 0 radical (unpaired) electrons. The van der Waals surface area contributed by atoms with Crippen molar-refractivity contribution in [2.24, 2.45) is 0 Å². The van der Waals surface area contributed by atoms with Crippen molar-refractivity contribution in [2.75, 3.05) is 18.2 Å². The van der Waals surface area contributed by atoms with Gasteiger partial charge in [0.1, 0.15) is 11.5 Å². The van der Waals surface area contributed by atoms with E-state index >= 15 is 0 Å². The van der Waals surface area contributed by atoms with Gasteiger partial charge in [-0.25, -0.2) is 0 Å². The molecule has 3 aromatic rings. The van der Waals surface area contributed by atoms with Gasteiger partial charge in [0, 0.05) is 5.75 Å². The first-order chi connectivity index (χ1) is 11.3. The van der Waals surface area contributed by atoms with E-state index in [0.29, 0.717) is 6.54 Å². The number of benzene rings is 1. The third kappa shape index (κ3) is 4.74. The Morgan fingerprint density at radius 2 is 2.09 bits per heavy atom. The van der Waals surface area contributed by atoms with Crippen molar-refractivity contribution in [1.82, 2.24) is 10.2 Å². The Labute approximate surface area is 143 Å². The maximum absolute atomic E-state index is 5.27. The van der Waals surface area contributed by atoms with E-state index in [1.54, 1.807) is 36.5 Å². The van der Waals surface area contributed by atoms with Gasteiger partial charge in [-0.3, -0.25) is 0 Å². The van der Waals surface area contributed by atoms with Gasteiger partial charge >= 0.3 is 0 Å². The summed E-state index contributed by atoms with van der Waals surface area (Å²) in [5.74, 6) is 2.74. The number of hydrogen-bond donors (Lipinski definition) is 1. The van der Waals surface area contributed by atoms with E-state index in [1.807, 2.05) is 24.3 Å². The fourth-order valence-corrected chi connectivity index (χ4v) is 3.77. The monoisotopic (exact) mass is 347 g/mol. The second kappa shape index (κ2) is 8.03. The highest BCUT2D eigenvalue weighted by Crippen LogP contribution is 2.26. The molecule has 23 heavy (non-hydrogen) atoms. The molecule has 0 aliphatic rings. The molecule has 3 rings (SSSR count). The molecule has 1 N–H and O–H groups in total. The number of thioether (sulfide) groups is 1. The Hall–Kier alpha value is -1.99. The summed E-state index contributed by atoms with van der Waals surface area (Å²) in [5, 5.41) is 12.4. The largest absolute Gasteiger partial charge is 0.497 e. The Kier molecular flexibility index (Phi) is 5.55.